The molecule has 0 N–H and O–H groups in total. The summed E-state index contributed by atoms with van der Waals surface area (Å²) in [5, 5.41) is 7.57. The zero-order chi connectivity index (χ0) is 62.6. The van der Waals surface area contributed by atoms with E-state index in [0.29, 0.717) is 44.5 Å². The first-order valence-corrected chi connectivity index (χ1v) is 32.4. The molecule has 0 amide bonds. The molecule has 1 spiro atoms. The molecule has 0 radical (unpaired) electrons. The van der Waals surface area contributed by atoms with Crippen LogP contribution in [0.5, 0.6) is 0 Å². The zero-order valence-electron chi connectivity index (χ0n) is 50.8. The Balaban J connectivity index is 0.718. The number of hydrogen-bond donors (Lipinski definition) is 0. The number of hydrogen-bond acceptors (Lipinski definition) is 6. The summed E-state index contributed by atoms with van der Waals surface area (Å²) in [6, 6.07) is 95.8. The van der Waals surface area contributed by atoms with Crippen molar-refractivity contribution in [3.8, 4) is 55.6 Å². The monoisotopic (exact) mass is 1220 g/mol. The summed E-state index contributed by atoms with van der Waals surface area (Å²) in [4.78, 5) is 52.8. The van der Waals surface area contributed by atoms with Gasteiger partial charge in [0, 0.05) is 26.9 Å². The molecule has 0 saturated heterocycles. The van der Waals surface area contributed by atoms with E-state index in [1.807, 2.05) is 95.4 Å². The van der Waals surface area contributed by atoms with Crippen LogP contribution in [0.4, 0.5) is 0 Å². The predicted molar refractivity (Wildman–Crippen MR) is 386 cm³/mol. The normalized spacial score (nSPS) is 14.4. The molecule has 8 aromatic heterocycles. The highest BCUT2D eigenvalue weighted by Crippen LogP contribution is 2.64. The summed E-state index contributed by atoms with van der Waals surface area (Å²) < 4.78 is 10.1. The summed E-state index contributed by atoms with van der Waals surface area (Å²) in [6.07, 6.45) is 0. The summed E-state index contributed by atoms with van der Waals surface area (Å²) in [6.45, 7) is 0. The van der Waals surface area contributed by atoms with Crippen molar-refractivity contribution >= 4 is 127 Å². The van der Waals surface area contributed by atoms with Crippen molar-refractivity contribution in [3.63, 3.8) is 0 Å². The maximum Gasteiger partial charge on any atom is 0.268 e. The van der Waals surface area contributed by atoms with Gasteiger partial charge in [0.2, 0.25) is 11.6 Å². The Hall–Kier alpha value is -13.1. The molecule has 11 nitrogen and oxygen atoms in total. The van der Waals surface area contributed by atoms with E-state index in [4.69, 9.17) is 19.9 Å². The van der Waals surface area contributed by atoms with E-state index in [9.17, 15) is 0 Å². The Labute approximate surface area is 542 Å². The molecular weight excluding hydrogens is 1180 g/mol. The molecule has 1 unspecified atom stereocenters. The summed E-state index contributed by atoms with van der Waals surface area (Å²) in [5.41, 5.74) is 25.0. The van der Waals surface area contributed by atoms with Gasteiger partial charge in [0.1, 0.15) is 5.65 Å². The first kappa shape index (κ1) is 50.5. The van der Waals surface area contributed by atoms with Crippen molar-refractivity contribution < 1.29 is 0 Å². The van der Waals surface area contributed by atoms with Gasteiger partial charge in [-0.15, -0.1) is 0 Å². The Morgan fingerprint density at radius 2 is 0.740 bits per heavy atom. The van der Waals surface area contributed by atoms with E-state index in [2.05, 4.69) is 191 Å². The molecule has 0 bridgehead atoms. The lowest BCUT2D eigenvalue weighted by Crippen LogP contribution is -2.26. The minimum absolute atomic E-state index is 0.148. The molecule has 96 heavy (non-hydrogen) atoms. The molecule has 0 saturated carbocycles. The third kappa shape index (κ3) is 6.10. The maximum atomic E-state index is 15.7. The number of rotatable bonds is 3. The van der Waals surface area contributed by atoms with Crippen molar-refractivity contribution in [2.45, 2.75) is 5.41 Å². The average molecular weight is 1220 g/mol. The van der Waals surface area contributed by atoms with Crippen LogP contribution in [0.2, 0.25) is 0 Å². The lowest BCUT2D eigenvalue weighted by molar-refractivity contribution is 0.794. The van der Waals surface area contributed by atoms with E-state index >= 15 is 9.59 Å². The standard InChI is InChI=1S/C85H45N9O2/c95-81-57-39-35-46(49-42-60-55-19-3-10-29-70(55)90-71-30-11-4-20-56(71)61(43-49)78(60)90)45-69(57)89-84-92-74-33-14-9-27-67(74)87-80(92)77-51(23-16-34-75(77)94(81)84)47-37-40-64-59(41-47)53-18-2-7-25-63(53)85(64)62-24-6-1-17-52(62)54-38-36-48(44-65(54)85)50-22-15-28-68-76(50)82(96)93-72-31-12-5-21-58(72)79-86-66-26-8-13-32-73(66)91(79)83(93)88-68/h1-45H. The second-order valence-corrected chi connectivity index (χ2v) is 25.9. The van der Waals surface area contributed by atoms with Gasteiger partial charge in [0.25, 0.3) is 11.1 Å². The number of nitrogens with zero attached hydrogens (tertiary/aromatic N) is 9. The van der Waals surface area contributed by atoms with Crippen molar-refractivity contribution in [1.29, 1.82) is 0 Å². The van der Waals surface area contributed by atoms with Crippen molar-refractivity contribution in [2.24, 2.45) is 0 Å². The first-order valence-electron chi connectivity index (χ1n) is 32.4. The Morgan fingerprint density at radius 3 is 1.46 bits per heavy atom. The molecule has 1 atom stereocenters. The van der Waals surface area contributed by atoms with Crippen LogP contribution in [0.1, 0.15) is 22.3 Å². The lowest BCUT2D eigenvalue weighted by atomic mass is 9.70. The van der Waals surface area contributed by atoms with E-state index in [1.54, 1.807) is 8.80 Å². The van der Waals surface area contributed by atoms with Gasteiger partial charge in [-0.3, -0.25) is 18.4 Å². The number of fused-ring (bicyclic) bond motifs is 34. The molecule has 23 rings (SSSR count). The second-order valence-electron chi connectivity index (χ2n) is 25.9. The van der Waals surface area contributed by atoms with Gasteiger partial charge < -0.3 is 4.40 Å². The third-order valence-electron chi connectivity index (χ3n) is 21.4. The van der Waals surface area contributed by atoms with Crippen molar-refractivity contribution in [1.82, 2.24) is 41.9 Å². The Morgan fingerprint density at radius 1 is 0.250 bits per heavy atom. The highest BCUT2D eigenvalue weighted by Gasteiger charge is 2.52. The molecule has 13 aromatic carbocycles. The molecule has 8 heterocycles. The lowest BCUT2D eigenvalue weighted by Gasteiger charge is -2.31. The molecular formula is C85H45N9O2. The van der Waals surface area contributed by atoms with Gasteiger partial charge in [-0.1, -0.05) is 176 Å². The maximum absolute atomic E-state index is 15.7. The quantitative estimate of drug-likeness (QED) is 0.129. The predicted octanol–water partition coefficient (Wildman–Crippen LogP) is 18.4. The number of benzene rings is 13. The highest BCUT2D eigenvalue weighted by molar-refractivity contribution is 6.24. The minimum atomic E-state index is -0.722. The summed E-state index contributed by atoms with van der Waals surface area (Å²) in [5.74, 6) is 1.00. The Kier molecular flexibility index (Phi) is 9.32. The van der Waals surface area contributed by atoms with Gasteiger partial charge in [0.05, 0.1) is 82.3 Å². The van der Waals surface area contributed by atoms with Crippen LogP contribution in [0, 0.1) is 0 Å². The van der Waals surface area contributed by atoms with Gasteiger partial charge in [0.15, 0.2) is 5.65 Å². The summed E-state index contributed by atoms with van der Waals surface area (Å²) >= 11 is 0. The van der Waals surface area contributed by atoms with Crippen LogP contribution < -0.4 is 11.1 Å². The van der Waals surface area contributed by atoms with Crippen LogP contribution >= 0.6 is 0 Å². The van der Waals surface area contributed by atoms with E-state index in [-0.39, 0.29) is 11.1 Å². The van der Waals surface area contributed by atoms with Crippen LogP contribution in [0.15, 0.2) is 283 Å². The molecule has 0 aliphatic heterocycles. The molecule has 2 aliphatic rings. The van der Waals surface area contributed by atoms with Crippen LogP contribution in [0.25, 0.3) is 182 Å². The fourth-order valence-electron chi connectivity index (χ4n) is 17.5. The largest absolute Gasteiger partial charge is 0.308 e. The van der Waals surface area contributed by atoms with E-state index in [0.717, 1.165) is 99.6 Å². The minimum Gasteiger partial charge on any atom is -0.308 e. The fourth-order valence-corrected chi connectivity index (χ4v) is 17.5. The average Bonchev–Trinajstić information content (AvgIpc) is 1.49. The fraction of sp³-hybridized carbons (Fsp3) is 0.0118. The van der Waals surface area contributed by atoms with Crippen LogP contribution in [-0.4, -0.2) is 41.9 Å². The summed E-state index contributed by atoms with van der Waals surface area (Å²) in [7, 11) is 0. The molecule has 442 valence electrons. The van der Waals surface area contributed by atoms with Gasteiger partial charge >= 0.3 is 0 Å². The van der Waals surface area contributed by atoms with Crippen molar-refractivity contribution in [3.05, 3.63) is 316 Å². The van der Waals surface area contributed by atoms with Crippen LogP contribution in [0.3, 0.4) is 0 Å². The molecule has 0 fully saturated rings. The molecule has 21 aromatic rings. The van der Waals surface area contributed by atoms with Gasteiger partial charge in [-0.05, 0) is 175 Å². The SMILES string of the molecule is O=c1c2c(-c3ccc4c(c3)C3(c5ccccc5-c5cc(-c6cccc7c6c6nc8ccccc8n6c6nc8cc(-c9cc%10c%11ccccc%11n%11c%12ccccc%12c(c9)c%10%11)ccc8c(=O)n76)ccc53)c3ccccc3-4)cccc2nc2n1c1ccccc1c1nc3ccccc3n12. The van der Waals surface area contributed by atoms with Gasteiger partial charge in [-0.25, -0.2) is 28.7 Å². The number of para-hydroxylation sites is 7. The smallest absolute Gasteiger partial charge is 0.268 e. The number of imidazole rings is 2. The molecule has 2 aliphatic carbocycles. The first-order chi connectivity index (χ1) is 47.5. The second kappa shape index (κ2) is 17.7. The third-order valence-corrected chi connectivity index (χ3v) is 21.4. The van der Waals surface area contributed by atoms with E-state index < -0.39 is 5.41 Å². The topological polar surface area (TPSA) is 108 Å². The van der Waals surface area contributed by atoms with E-state index in [1.165, 1.54) is 60.3 Å². The Bertz CT molecular complexity index is 7270. The number of aromatic nitrogens is 9. The van der Waals surface area contributed by atoms with Crippen molar-refractivity contribution in [2.75, 3.05) is 0 Å². The molecule has 11 heteroatoms. The highest BCUT2D eigenvalue weighted by atomic mass is 16.1. The zero-order valence-corrected chi connectivity index (χ0v) is 50.8. The van der Waals surface area contributed by atoms with Crippen LogP contribution in [-0.2, 0) is 5.41 Å². The van der Waals surface area contributed by atoms with Gasteiger partial charge in [-0.2, -0.15) is 0 Å².